The summed E-state index contributed by atoms with van der Waals surface area (Å²) in [4.78, 5) is 0. The third-order valence-corrected chi connectivity index (χ3v) is 11.0. The number of para-hydroxylation sites is 3. The molecule has 0 fully saturated rings. The zero-order valence-electron chi connectivity index (χ0n) is 52.2. The molecule has 12 aromatic rings. The number of hydrogen-bond acceptors (Lipinski definition) is 1. The molecule has 0 N–H and O–H groups in total. The molecule has 0 saturated heterocycles. The zero-order chi connectivity index (χ0) is 57.5. The molecule has 0 aliphatic carbocycles. The molecule has 3 heterocycles. The lowest BCUT2D eigenvalue weighted by atomic mass is 9.96. The molecule has 12 rings (SSSR count). The molecule has 2 nitrogen and oxygen atoms in total. The highest BCUT2D eigenvalue weighted by Gasteiger charge is 2.19. The van der Waals surface area contributed by atoms with E-state index in [-0.39, 0.29) is 104 Å². The van der Waals surface area contributed by atoms with Crippen molar-refractivity contribution in [1.29, 1.82) is 0 Å². The van der Waals surface area contributed by atoms with Gasteiger partial charge in [-0.1, -0.05) is 139 Å². The largest absolute Gasteiger partial charge is 0.309 e. The molecule has 3 aromatic heterocycles. The topological polar surface area (TPSA) is 9.86 Å². The van der Waals surface area contributed by atoms with Crippen molar-refractivity contribution in [2.75, 3.05) is 0 Å². The summed E-state index contributed by atoms with van der Waals surface area (Å²) in [6, 6.07) is 3.23. The van der Waals surface area contributed by atoms with Gasteiger partial charge in [-0.25, -0.2) is 0 Å². The average molecular weight is 766 g/mol. The van der Waals surface area contributed by atoms with Gasteiger partial charge >= 0.3 is 0 Å². The van der Waals surface area contributed by atoms with Crippen molar-refractivity contribution in [3.8, 4) is 44.8 Å². The predicted octanol–water partition coefficient (Wildman–Crippen LogP) is 15.2. The fourth-order valence-electron chi connectivity index (χ4n) is 7.51. The van der Waals surface area contributed by atoms with Crippen LogP contribution in [0, 0.1) is 0 Å². The summed E-state index contributed by atoms with van der Waals surface area (Å²) in [6.45, 7) is 0. The van der Waals surface area contributed by atoms with Gasteiger partial charge in [-0.2, -0.15) is 0 Å². The fraction of sp³-hybridized carbons (Fsp3) is 0. The van der Waals surface area contributed by atoms with Crippen LogP contribution in [0.25, 0.3) is 109 Å². The first-order chi connectivity index (χ1) is 37.8. The van der Waals surface area contributed by atoms with E-state index in [9.17, 15) is 15.1 Å². The predicted molar refractivity (Wildman–Crippen MR) is 244 cm³/mol. The van der Waals surface area contributed by atoms with Crippen molar-refractivity contribution < 1.29 is 31.5 Å². The molecular weight excluding hydrogens is 709 g/mol. The van der Waals surface area contributed by atoms with Gasteiger partial charge in [0.15, 0.2) is 0 Å². The Kier molecular flexibility index (Phi) is 3.75. The average Bonchev–Trinajstić information content (AvgIpc) is 4.31. The van der Waals surface area contributed by atoms with E-state index in [2.05, 4.69) is 0 Å². The molecule has 0 unspecified atom stereocenters. The highest BCUT2D eigenvalue weighted by molar-refractivity contribution is 7.26. The van der Waals surface area contributed by atoms with Crippen LogP contribution < -0.4 is 0 Å². The van der Waals surface area contributed by atoms with Gasteiger partial charge in [-0.05, 0) is 99.9 Å². The van der Waals surface area contributed by atoms with Crippen LogP contribution in [0.3, 0.4) is 0 Å². The van der Waals surface area contributed by atoms with E-state index < -0.39 is 138 Å². The van der Waals surface area contributed by atoms with Crippen LogP contribution in [-0.2, 0) is 0 Å². The minimum absolute atomic E-state index is 0.0221. The Morgan fingerprint density at radius 1 is 0.351 bits per heavy atom. The second kappa shape index (κ2) is 12.7. The summed E-state index contributed by atoms with van der Waals surface area (Å²) < 4.78 is 214. The first-order valence-corrected chi connectivity index (χ1v) is 18.4. The molecule has 57 heavy (non-hydrogen) atoms. The number of nitrogens with zero attached hydrogens (tertiary/aromatic N) is 2. The monoisotopic (exact) mass is 765 g/mol. The van der Waals surface area contributed by atoms with Gasteiger partial charge in [0.05, 0.1) is 53.6 Å². The lowest BCUT2D eigenvalue weighted by Crippen LogP contribution is -1.93. The van der Waals surface area contributed by atoms with E-state index in [1.807, 2.05) is 0 Å². The standard InChI is InChI=1S/C54H34N2S/c1-3-14-35(15-4-1)36-16-11-17-37(32-36)42-23-13-27-51-54(42)45-30-29-40(34-52(45)57-51)56-47-24-9-7-20-43(47)46-33-38(28-31-49(46)56)41-22-12-26-50-53(41)44-21-8-10-25-48(44)55(50)39-18-5-2-6-19-39/h1-34H/i3D,7D,8D,9D,10D,11D,12D,13D,15D,16D,20D,22D,23D,24D,25D,26D,27D,28D,29D,30D,32D,33D,34D. The van der Waals surface area contributed by atoms with Gasteiger partial charge in [-0.15, -0.1) is 11.3 Å². The lowest BCUT2D eigenvalue weighted by Gasteiger charge is -2.10. The van der Waals surface area contributed by atoms with Crippen LogP contribution in [0.2, 0.25) is 0 Å². The second-order valence-electron chi connectivity index (χ2n) is 13.1. The van der Waals surface area contributed by atoms with Crippen LogP contribution in [0.1, 0.15) is 31.5 Å². The van der Waals surface area contributed by atoms with Gasteiger partial charge in [0.2, 0.25) is 0 Å². The molecule has 0 spiro atoms. The van der Waals surface area contributed by atoms with Crippen LogP contribution in [0.15, 0.2) is 206 Å². The molecular formula is C54H34N2S. The van der Waals surface area contributed by atoms with Crippen molar-refractivity contribution >= 4 is 75.1 Å². The fourth-order valence-corrected chi connectivity index (χ4v) is 8.53. The quantitative estimate of drug-likeness (QED) is 0.165. The van der Waals surface area contributed by atoms with Crippen LogP contribution in [0.5, 0.6) is 0 Å². The summed E-state index contributed by atoms with van der Waals surface area (Å²) in [5.74, 6) is 0. The zero-order valence-corrected chi connectivity index (χ0v) is 30.0. The second-order valence-corrected chi connectivity index (χ2v) is 14.1. The molecule has 0 radical (unpaired) electrons. The van der Waals surface area contributed by atoms with E-state index in [1.165, 1.54) is 28.8 Å². The van der Waals surface area contributed by atoms with Crippen molar-refractivity contribution in [3.05, 3.63) is 206 Å². The van der Waals surface area contributed by atoms with E-state index in [0.29, 0.717) is 5.69 Å². The molecule has 0 bridgehead atoms. The van der Waals surface area contributed by atoms with Crippen molar-refractivity contribution in [2.24, 2.45) is 0 Å². The van der Waals surface area contributed by atoms with Crippen LogP contribution >= 0.6 is 11.3 Å². The Hall–Kier alpha value is -7.20. The van der Waals surface area contributed by atoms with Gasteiger partial charge < -0.3 is 9.13 Å². The maximum Gasteiger partial charge on any atom is 0.0660 e. The Bertz CT molecular complexity index is 4870. The van der Waals surface area contributed by atoms with E-state index in [0.717, 1.165) is 28.0 Å². The van der Waals surface area contributed by atoms with Crippen molar-refractivity contribution in [2.45, 2.75) is 0 Å². The summed E-state index contributed by atoms with van der Waals surface area (Å²) in [6.07, 6.45) is 0. The summed E-state index contributed by atoms with van der Waals surface area (Å²) in [5, 5.41) is -0.865. The lowest BCUT2D eigenvalue weighted by molar-refractivity contribution is 1.18. The maximum atomic E-state index is 10.1. The first-order valence-electron chi connectivity index (χ1n) is 29.1. The molecule has 0 atom stereocenters. The minimum Gasteiger partial charge on any atom is -0.309 e. The Balaban J connectivity index is 1.21. The normalized spacial score (nSPS) is 17.5. The number of hydrogen-bond donors (Lipinski definition) is 0. The first kappa shape index (κ1) is 16.9. The SMILES string of the molecule is [2H]c1ccc([2H])c(-c2c([2H])c([2H])cc(-c3c([2H])c([2H])c([2H])c4sc5c([2H])c(-n6c7cc([2H])c(-c8c([2H])c([2H])c([2H])c9c8c8cc([2H])c([2H])c([2H])c8n9-c8ccccc8)c([2H])c7c7c([2H])c([2H])c([2H])c([2H])c76)c([2H])c([2H])c5c34)c2[2H])c1. The van der Waals surface area contributed by atoms with Gasteiger partial charge in [0.1, 0.15) is 0 Å². The Labute approximate surface area is 366 Å². The van der Waals surface area contributed by atoms with E-state index in [1.54, 1.807) is 30.3 Å². The molecule has 0 aliphatic rings. The molecule has 0 saturated carbocycles. The number of aromatic nitrogens is 2. The summed E-state index contributed by atoms with van der Waals surface area (Å²) in [7, 11) is 0. The van der Waals surface area contributed by atoms with Gasteiger partial charge in [0.25, 0.3) is 0 Å². The Morgan fingerprint density at radius 3 is 2.07 bits per heavy atom. The maximum absolute atomic E-state index is 10.1. The van der Waals surface area contributed by atoms with Gasteiger partial charge in [-0.3, -0.25) is 0 Å². The number of rotatable bonds is 5. The highest BCUT2D eigenvalue weighted by atomic mass is 32.1. The third kappa shape index (κ3) is 4.96. The highest BCUT2D eigenvalue weighted by Crippen LogP contribution is 2.44. The Morgan fingerprint density at radius 2 is 1.14 bits per heavy atom. The third-order valence-electron chi connectivity index (χ3n) is 9.94. The summed E-state index contributed by atoms with van der Waals surface area (Å²) in [5.41, 5.74) is -2.12. The van der Waals surface area contributed by atoms with Crippen molar-refractivity contribution in [3.63, 3.8) is 0 Å². The molecule has 0 aliphatic heterocycles. The minimum atomic E-state index is -0.768. The van der Waals surface area contributed by atoms with E-state index in [4.69, 9.17) is 16.4 Å². The van der Waals surface area contributed by atoms with Gasteiger partial charge in [0, 0.05) is 53.1 Å². The summed E-state index contributed by atoms with van der Waals surface area (Å²) >= 11 is 0.724. The smallest absolute Gasteiger partial charge is 0.0660 e. The molecule has 9 aromatic carbocycles. The number of fused-ring (bicyclic) bond motifs is 9. The van der Waals surface area contributed by atoms with Crippen molar-refractivity contribution in [1.82, 2.24) is 9.13 Å². The number of benzene rings is 9. The molecule has 266 valence electrons. The number of thiophene rings is 1. The van der Waals surface area contributed by atoms with Crippen LogP contribution in [-0.4, -0.2) is 9.13 Å². The van der Waals surface area contributed by atoms with E-state index >= 15 is 0 Å². The molecule has 0 amide bonds. The van der Waals surface area contributed by atoms with Crippen LogP contribution in [0.4, 0.5) is 0 Å². The molecule has 3 heteroatoms.